The van der Waals surface area contributed by atoms with E-state index in [-0.39, 0.29) is 17.9 Å². The van der Waals surface area contributed by atoms with Crippen LogP contribution in [0.5, 0.6) is 0 Å². The van der Waals surface area contributed by atoms with Gasteiger partial charge >= 0.3 is 0 Å². The first kappa shape index (κ1) is 22.2. The number of nitrogens with one attached hydrogen (secondary N) is 1. The van der Waals surface area contributed by atoms with Gasteiger partial charge in [-0.3, -0.25) is 19.2 Å². The summed E-state index contributed by atoms with van der Waals surface area (Å²) >= 11 is 0. The molecule has 31 heavy (non-hydrogen) atoms. The maximum atomic E-state index is 12.8. The number of benzene rings is 3. The summed E-state index contributed by atoms with van der Waals surface area (Å²) < 4.78 is 25.9. The Morgan fingerprint density at radius 3 is 2.42 bits per heavy atom. The summed E-state index contributed by atoms with van der Waals surface area (Å²) in [5.41, 5.74) is 1.23. The zero-order valence-electron chi connectivity index (χ0n) is 17.4. The van der Waals surface area contributed by atoms with E-state index in [9.17, 15) is 23.3 Å². The van der Waals surface area contributed by atoms with Crippen LogP contribution in [0.3, 0.4) is 0 Å². The number of nitro groups is 1. The SMILES string of the molecule is Cc1ccc([N+](=O)[O-])cc1N([C@@H](C)C(=O)NCc1ccc2ccccc2c1)S(C)(=O)=O. The van der Waals surface area contributed by atoms with Crippen molar-refractivity contribution in [2.45, 2.75) is 26.4 Å². The maximum absolute atomic E-state index is 12.8. The van der Waals surface area contributed by atoms with E-state index in [4.69, 9.17) is 0 Å². The van der Waals surface area contributed by atoms with Crippen molar-refractivity contribution in [2.75, 3.05) is 10.6 Å². The summed E-state index contributed by atoms with van der Waals surface area (Å²) in [6.07, 6.45) is 0.971. The first-order valence-corrected chi connectivity index (χ1v) is 11.4. The Kier molecular flexibility index (Phi) is 6.26. The summed E-state index contributed by atoms with van der Waals surface area (Å²) in [5.74, 6) is -0.510. The monoisotopic (exact) mass is 441 g/mol. The molecule has 0 aliphatic carbocycles. The van der Waals surface area contributed by atoms with Gasteiger partial charge in [0.05, 0.1) is 16.9 Å². The Bertz CT molecular complexity index is 1260. The number of hydrogen-bond donors (Lipinski definition) is 1. The molecule has 1 N–H and O–H groups in total. The predicted molar refractivity (Wildman–Crippen MR) is 120 cm³/mol. The van der Waals surface area contributed by atoms with Crippen LogP contribution in [-0.2, 0) is 21.4 Å². The summed E-state index contributed by atoms with van der Waals surface area (Å²) in [6, 6.07) is 16.5. The molecular weight excluding hydrogens is 418 g/mol. The third-order valence-electron chi connectivity index (χ3n) is 5.01. The minimum Gasteiger partial charge on any atom is -0.350 e. The number of hydrogen-bond acceptors (Lipinski definition) is 5. The molecule has 3 aromatic carbocycles. The fourth-order valence-corrected chi connectivity index (χ4v) is 4.64. The molecule has 0 saturated heterocycles. The molecule has 3 aromatic rings. The van der Waals surface area contributed by atoms with Crippen LogP contribution in [0, 0.1) is 17.0 Å². The molecule has 0 bridgehead atoms. The highest BCUT2D eigenvalue weighted by atomic mass is 32.2. The second kappa shape index (κ2) is 8.73. The molecule has 162 valence electrons. The van der Waals surface area contributed by atoms with Crippen molar-refractivity contribution >= 4 is 38.1 Å². The zero-order chi connectivity index (χ0) is 22.8. The molecule has 1 atom stereocenters. The third-order valence-corrected chi connectivity index (χ3v) is 6.24. The molecule has 0 aliphatic heterocycles. The molecule has 0 radical (unpaired) electrons. The van der Waals surface area contributed by atoms with Gasteiger partial charge in [0.2, 0.25) is 15.9 Å². The van der Waals surface area contributed by atoms with Gasteiger partial charge in [0.15, 0.2) is 0 Å². The van der Waals surface area contributed by atoms with Gasteiger partial charge in [-0.2, -0.15) is 0 Å². The van der Waals surface area contributed by atoms with E-state index in [0.29, 0.717) is 5.56 Å². The predicted octanol–water partition coefficient (Wildman–Crippen LogP) is 3.53. The first-order chi connectivity index (χ1) is 14.6. The number of carbonyl (C=O) groups excluding carboxylic acids is 1. The number of fused-ring (bicyclic) bond motifs is 1. The number of sulfonamides is 1. The number of amides is 1. The second-order valence-electron chi connectivity index (χ2n) is 7.36. The number of rotatable bonds is 7. The number of carbonyl (C=O) groups is 1. The normalized spacial score (nSPS) is 12.4. The molecule has 0 fully saturated rings. The average Bonchev–Trinajstić information content (AvgIpc) is 2.72. The lowest BCUT2D eigenvalue weighted by molar-refractivity contribution is -0.384. The van der Waals surface area contributed by atoms with Gasteiger partial charge in [0, 0.05) is 18.7 Å². The number of anilines is 1. The smallest absolute Gasteiger partial charge is 0.271 e. The van der Waals surface area contributed by atoms with Gasteiger partial charge < -0.3 is 5.32 Å². The van der Waals surface area contributed by atoms with Crippen molar-refractivity contribution in [3.05, 3.63) is 81.9 Å². The lowest BCUT2D eigenvalue weighted by Gasteiger charge is -2.29. The van der Waals surface area contributed by atoms with Crippen LogP contribution in [0.4, 0.5) is 11.4 Å². The van der Waals surface area contributed by atoms with Crippen molar-refractivity contribution in [1.29, 1.82) is 0 Å². The number of nitro benzene ring substituents is 1. The Morgan fingerprint density at radius 2 is 1.77 bits per heavy atom. The Balaban J connectivity index is 1.84. The third kappa shape index (κ3) is 5.00. The fraction of sp³-hybridized carbons (Fsp3) is 0.227. The second-order valence-corrected chi connectivity index (χ2v) is 9.22. The molecule has 0 aliphatic rings. The van der Waals surface area contributed by atoms with E-state index < -0.39 is 26.9 Å². The van der Waals surface area contributed by atoms with Crippen LogP contribution in [0.2, 0.25) is 0 Å². The fourth-order valence-electron chi connectivity index (χ4n) is 3.42. The van der Waals surface area contributed by atoms with E-state index in [1.165, 1.54) is 25.1 Å². The van der Waals surface area contributed by atoms with Gasteiger partial charge in [0.25, 0.3) is 5.69 Å². The molecule has 0 saturated carbocycles. The number of non-ortho nitro benzene ring substituents is 1. The van der Waals surface area contributed by atoms with Crippen molar-refractivity contribution < 1.29 is 18.1 Å². The Hall–Kier alpha value is -3.46. The number of aryl methyl sites for hydroxylation is 1. The van der Waals surface area contributed by atoms with Gasteiger partial charge in [-0.1, -0.05) is 42.5 Å². The zero-order valence-corrected chi connectivity index (χ0v) is 18.2. The average molecular weight is 442 g/mol. The van der Waals surface area contributed by atoms with Gasteiger partial charge in [-0.15, -0.1) is 0 Å². The molecular formula is C22H23N3O5S. The van der Waals surface area contributed by atoms with Crippen molar-refractivity contribution in [3.8, 4) is 0 Å². The molecule has 0 spiro atoms. The summed E-state index contributed by atoms with van der Waals surface area (Å²) in [4.78, 5) is 23.4. The van der Waals surface area contributed by atoms with Crippen LogP contribution in [0.1, 0.15) is 18.1 Å². The molecule has 1 amide bonds. The number of nitrogens with zero attached hydrogens (tertiary/aromatic N) is 2. The van der Waals surface area contributed by atoms with E-state index >= 15 is 0 Å². The Morgan fingerprint density at radius 1 is 1.10 bits per heavy atom. The topological polar surface area (TPSA) is 110 Å². The van der Waals surface area contributed by atoms with Crippen LogP contribution < -0.4 is 9.62 Å². The van der Waals surface area contributed by atoms with Crippen LogP contribution in [0.15, 0.2) is 60.7 Å². The highest BCUT2D eigenvalue weighted by Gasteiger charge is 2.31. The summed E-state index contributed by atoms with van der Waals surface area (Å²) in [7, 11) is -3.89. The van der Waals surface area contributed by atoms with E-state index in [2.05, 4.69) is 5.32 Å². The maximum Gasteiger partial charge on any atom is 0.271 e. The standard InChI is InChI=1S/C22H23N3O5S/c1-15-8-11-20(25(27)28)13-21(15)24(31(3,29)30)16(2)22(26)23-14-17-9-10-18-6-4-5-7-19(18)12-17/h4-13,16H,14H2,1-3H3,(H,23,26)/t16-/m0/s1. The van der Waals surface area contributed by atoms with Gasteiger partial charge in [-0.25, -0.2) is 8.42 Å². The highest BCUT2D eigenvalue weighted by Crippen LogP contribution is 2.29. The molecule has 9 heteroatoms. The first-order valence-electron chi connectivity index (χ1n) is 9.58. The lowest BCUT2D eigenvalue weighted by atomic mass is 10.1. The highest BCUT2D eigenvalue weighted by molar-refractivity contribution is 7.92. The van der Waals surface area contributed by atoms with Crippen LogP contribution in [-0.4, -0.2) is 31.5 Å². The van der Waals surface area contributed by atoms with Gasteiger partial charge in [-0.05, 0) is 41.8 Å². The molecule has 3 rings (SSSR count). The van der Waals surface area contributed by atoms with Crippen LogP contribution in [0.25, 0.3) is 10.8 Å². The molecule has 0 unspecified atom stereocenters. The summed E-state index contributed by atoms with van der Waals surface area (Å²) in [6.45, 7) is 3.31. The molecule has 8 nitrogen and oxygen atoms in total. The minimum atomic E-state index is -3.89. The van der Waals surface area contributed by atoms with E-state index in [0.717, 1.165) is 26.9 Å². The van der Waals surface area contributed by atoms with Gasteiger partial charge in [0.1, 0.15) is 6.04 Å². The van der Waals surface area contributed by atoms with E-state index in [1.807, 2.05) is 42.5 Å². The Labute approximate surface area is 180 Å². The lowest BCUT2D eigenvalue weighted by Crippen LogP contribution is -2.48. The molecule has 0 heterocycles. The summed E-state index contributed by atoms with van der Waals surface area (Å²) in [5, 5.41) is 16.0. The van der Waals surface area contributed by atoms with Crippen molar-refractivity contribution in [2.24, 2.45) is 0 Å². The quantitative estimate of drug-likeness (QED) is 0.446. The van der Waals surface area contributed by atoms with Crippen molar-refractivity contribution in [1.82, 2.24) is 5.32 Å². The van der Waals surface area contributed by atoms with Crippen molar-refractivity contribution in [3.63, 3.8) is 0 Å². The largest absolute Gasteiger partial charge is 0.350 e. The van der Waals surface area contributed by atoms with Crippen LogP contribution >= 0.6 is 0 Å². The molecule has 0 aromatic heterocycles. The minimum absolute atomic E-state index is 0.102. The van der Waals surface area contributed by atoms with E-state index in [1.54, 1.807) is 6.92 Å².